The number of benzene rings is 1. The first-order valence-corrected chi connectivity index (χ1v) is 15.8. The van der Waals surface area contributed by atoms with Crippen molar-refractivity contribution in [3.05, 3.63) is 34.7 Å². The van der Waals surface area contributed by atoms with E-state index in [9.17, 15) is 22.8 Å². The van der Waals surface area contributed by atoms with Crippen LogP contribution in [0.15, 0.2) is 29.1 Å². The van der Waals surface area contributed by atoms with Crippen molar-refractivity contribution in [3.63, 3.8) is 0 Å². The van der Waals surface area contributed by atoms with Crippen molar-refractivity contribution >= 4 is 33.0 Å². The number of sulfone groups is 1. The van der Waals surface area contributed by atoms with Crippen molar-refractivity contribution in [1.29, 1.82) is 0 Å². The Bertz CT molecular complexity index is 1390. The van der Waals surface area contributed by atoms with E-state index in [1.165, 1.54) is 9.47 Å². The molecule has 12 heteroatoms. The molecule has 2 amide bonds. The first kappa shape index (κ1) is 27.7. The second-order valence-corrected chi connectivity index (χ2v) is 13.7. The van der Waals surface area contributed by atoms with Gasteiger partial charge in [-0.25, -0.2) is 27.4 Å². The number of carbonyl (C=O) groups excluding carboxylic acids is 2. The fraction of sp³-hybridized carbons (Fsp3) is 0.667. The van der Waals surface area contributed by atoms with Crippen molar-refractivity contribution < 1.29 is 22.7 Å². The summed E-state index contributed by atoms with van der Waals surface area (Å²) in [5.41, 5.74) is 1.05. The second kappa shape index (κ2) is 11.0. The molecule has 2 aromatic rings. The van der Waals surface area contributed by atoms with Crippen molar-refractivity contribution in [2.24, 2.45) is 0 Å². The summed E-state index contributed by atoms with van der Waals surface area (Å²) in [6.45, 7) is 4.95. The highest BCUT2D eigenvalue weighted by molar-refractivity contribution is 7.91. The van der Waals surface area contributed by atoms with Crippen LogP contribution in [-0.2, 0) is 14.6 Å². The molecule has 11 nitrogen and oxygen atoms in total. The lowest BCUT2D eigenvalue weighted by molar-refractivity contribution is 0.0823. The molecule has 4 heterocycles. The van der Waals surface area contributed by atoms with Crippen molar-refractivity contribution in [2.75, 3.05) is 31.7 Å². The van der Waals surface area contributed by atoms with Gasteiger partial charge in [0.15, 0.2) is 9.84 Å². The van der Waals surface area contributed by atoms with Crippen molar-refractivity contribution in [2.45, 2.75) is 82.6 Å². The number of ether oxygens (including phenoxy) is 1. The molecular formula is C27H39N5O6S. The molecule has 0 saturated carbocycles. The Morgan fingerprint density at radius 2 is 1.77 bits per heavy atom. The van der Waals surface area contributed by atoms with Crippen molar-refractivity contribution in [3.8, 4) is 0 Å². The molecule has 1 N–H and O–H groups in total. The monoisotopic (exact) mass is 561 g/mol. The Labute approximate surface area is 229 Å². The zero-order chi connectivity index (χ0) is 27.9. The number of nitrogens with zero attached hydrogens (tertiary/aromatic N) is 4. The molecule has 1 aromatic carbocycles. The van der Waals surface area contributed by atoms with E-state index in [0.717, 1.165) is 37.7 Å². The van der Waals surface area contributed by atoms with E-state index in [-0.39, 0.29) is 48.0 Å². The molecule has 3 fully saturated rings. The molecular weight excluding hydrogens is 522 g/mol. The maximum Gasteiger partial charge on any atom is 0.409 e. The summed E-state index contributed by atoms with van der Waals surface area (Å²) < 4.78 is 31.7. The second-order valence-electron chi connectivity index (χ2n) is 11.4. The van der Waals surface area contributed by atoms with E-state index in [4.69, 9.17) is 4.74 Å². The number of nitrogens with one attached hydrogen (secondary N) is 1. The third-order valence-electron chi connectivity index (χ3n) is 8.54. The van der Waals surface area contributed by atoms with Crippen LogP contribution in [0.25, 0.3) is 11.0 Å². The zero-order valence-corrected chi connectivity index (χ0v) is 23.7. The van der Waals surface area contributed by atoms with Crippen LogP contribution in [0.5, 0.6) is 0 Å². The number of fused-ring (bicyclic) bond motifs is 3. The van der Waals surface area contributed by atoms with Gasteiger partial charge in [0.25, 0.3) is 0 Å². The van der Waals surface area contributed by atoms with Crippen LogP contribution in [0.4, 0.5) is 9.59 Å². The summed E-state index contributed by atoms with van der Waals surface area (Å²) in [7, 11) is -1.46. The topological polar surface area (TPSA) is 123 Å². The molecule has 3 aliphatic rings. The van der Waals surface area contributed by atoms with Crippen molar-refractivity contribution in [1.82, 2.24) is 24.3 Å². The minimum atomic E-state index is -3.06. The van der Waals surface area contributed by atoms with E-state index < -0.39 is 15.9 Å². The van der Waals surface area contributed by atoms with Gasteiger partial charge in [0.1, 0.15) is 0 Å². The molecule has 5 rings (SSSR count). The molecule has 0 aliphatic carbocycles. The molecule has 3 saturated heterocycles. The summed E-state index contributed by atoms with van der Waals surface area (Å²) in [6, 6.07) is 7.30. The van der Waals surface area contributed by atoms with Gasteiger partial charge in [-0.15, -0.1) is 0 Å². The van der Waals surface area contributed by atoms with Gasteiger partial charge in [-0.3, -0.25) is 9.47 Å². The average Bonchev–Trinajstić information content (AvgIpc) is 3.48. The number of amides is 2. The van der Waals surface area contributed by atoms with Gasteiger partial charge >= 0.3 is 17.8 Å². The van der Waals surface area contributed by atoms with Gasteiger partial charge < -0.3 is 15.0 Å². The van der Waals surface area contributed by atoms with Gasteiger partial charge in [-0.1, -0.05) is 12.1 Å². The molecule has 0 radical (unpaired) electrons. The highest BCUT2D eigenvalue weighted by Gasteiger charge is 2.41. The quantitative estimate of drug-likeness (QED) is 0.516. The lowest BCUT2D eigenvalue weighted by atomic mass is 9.97. The predicted molar refractivity (Wildman–Crippen MR) is 148 cm³/mol. The Kier molecular flexibility index (Phi) is 7.78. The van der Waals surface area contributed by atoms with E-state index in [1.807, 2.05) is 38.1 Å². The van der Waals surface area contributed by atoms with Gasteiger partial charge in [-0.2, -0.15) is 0 Å². The van der Waals surface area contributed by atoms with Gasteiger partial charge in [0.05, 0.1) is 29.1 Å². The number of imidazole rings is 1. The van der Waals surface area contributed by atoms with Gasteiger partial charge in [0.2, 0.25) is 0 Å². The van der Waals surface area contributed by atoms with Crippen LogP contribution in [0, 0.1) is 0 Å². The molecule has 3 aliphatic heterocycles. The maximum absolute atomic E-state index is 13.3. The van der Waals surface area contributed by atoms with Crippen LogP contribution >= 0.6 is 0 Å². The molecule has 214 valence electrons. The highest BCUT2D eigenvalue weighted by atomic mass is 32.2. The standard InChI is InChI=1S/C27H39N5O6S/c1-18(2)31-23-7-4-5-8-24(23)32(26(31)34)25(33)28-19-15-20-9-10-21(16-19)30(20)12-6-13-38-27(35)29(3)22-11-14-39(36,37)17-22/h4-5,7-8,18-22H,6,9-17H2,1-3H3,(H,28,33)/t19?,20-,21+,22?. The first-order valence-electron chi connectivity index (χ1n) is 13.9. The number of hydrogen-bond acceptors (Lipinski definition) is 7. The smallest absolute Gasteiger partial charge is 0.409 e. The number of aromatic nitrogens is 2. The predicted octanol–water partition coefficient (Wildman–Crippen LogP) is 2.58. The third-order valence-corrected chi connectivity index (χ3v) is 10.3. The van der Waals surface area contributed by atoms with E-state index in [1.54, 1.807) is 11.6 Å². The van der Waals surface area contributed by atoms with E-state index >= 15 is 0 Å². The third kappa shape index (κ3) is 5.58. The number of hydrogen-bond donors (Lipinski definition) is 1. The number of rotatable bonds is 7. The summed E-state index contributed by atoms with van der Waals surface area (Å²) in [5.74, 6) is 0.119. The van der Waals surface area contributed by atoms with Crippen LogP contribution < -0.4 is 11.0 Å². The summed E-state index contributed by atoms with van der Waals surface area (Å²) in [5, 5.41) is 3.14. The maximum atomic E-state index is 13.3. The van der Waals surface area contributed by atoms with Crippen LogP contribution in [-0.4, -0.2) is 95.3 Å². The highest BCUT2D eigenvalue weighted by Crippen LogP contribution is 2.36. The minimum Gasteiger partial charge on any atom is -0.449 e. The molecule has 39 heavy (non-hydrogen) atoms. The number of piperidine rings is 1. The van der Waals surface area contributed by atoms with Gasteiger partial charge in [0, 0.05) is 43.8 Å². The van der Waals surface area contributed by atoms with Crippen LogP contribution in [0.2, 0.25) is 0 Å². The summed E-state index contributed by atoms with van der Waals surface area (Å²) in [6.07, 6.45) is 4.42. The van der Waals surface area contributed by atoms with Crippen LogP contribution in [0.1, 0.15) is 58.4 Å². The average molecular weight is 562 g/mol. The zero-order valence-electron chi connectivity index (χ0n) is 22.9. The molecule has 4 atom stereocenters. The van der Waals surface area contributed by atoms with E-state index in [0.29, 0.717) is 30.4 Å². The Hall–Kier alpha value is -2.86. The number of carbonyl (C=O) groups is 2. The largest absolute Gasteiger partial charge is 0.449 e. The lowest BCUT2D eigenvalue weighted by Gasteiger charge is -2.39. The lowest BCUT2D eigenvalue weighted by Crippen LogP contribution is -2.52. The summed E-state index contributed by atoms with van der Waals surface area (Å²) in [4.78, 5) is 42.7. The molecule has 2 bridgehead atoms. The Balaban J connectivity index is 1.13. The normalized spacial score (nSPS) is 26.3. The fourth-order valence-electron chi connectivity index (χ4n) is 6.60. The number of para-hydroxylation sites is 2. The van der Waals surface area contributed by atoms with Crippen LogP contribution in [0.3, 0.4) is 0 Å². The fourth-order valence-corrected chi connectivity index (χ4v) is 8.38. The molecule has 0 spiro atoms. The Morgan fingerprint density at radius 3 is 2.38 bits per heavy atom. The van der Waals surface area contributed by atoms with Gasteiger partial charge in [-0.05, 0) is 64.5 Å². The minimum absolute atomic E-state index is 0.00184. The molecule has 1 aromatic heterocycles. The Morgan fingerprint density at radius 1 is 1.10 bits per heavy atom. The summed E-state index contributed by atoms with van der Waals surface area (Å²) >= 11 is 0. The molecule has 2 unspecified atom stereocenters. The SMILES string of the molecule is CC(C)n1c(=O)n(C(=O)NC2C[C@H]3CC[C@@H](C2)N3CCCOC(=O)N(C)C2CCS(=O)(=O)C2)c2ccccc21. The first-order chi connectivity index (χ1) is 18.6. The van der Waals surface area contributed by atoms with E-state index in [2.05, 4.69) is 10.2 Å².